The van der Waals surface area contributed by atoms with Crippen LogP contribution in [-0.4, -0.2) is 19.7 Å². The Morgan fingerprint density at radius 2 is 2.38 bits per heavy atom. The van der Waals surface area contributed by atoms with Gasteiger partial charge in [-0.15, -0.1) is 0 Å². The van der Waals surface area contributed by atoms with Crippen molar-refractivity contribution in [2.45, 2.75) is 12.5 Å². The van der Waals surface area contributed by atoms with Gasteiger partial charge in [-0.05, 0) is 37.2 Å². The van der Waals surface area contributed by atoms with Gasteiger partial charge in [0.1, 0.15) is 12.4 Å². The minimum atomic E-state index is 0.411. The van der Waals surface area contributed by atoms with Gasteiger partial charge in [-0.3, -0.25) is 0 Å². The second kappa shape index (κ2) is 3.26. The highest BCUT2D eigenvalue weighted by Crippen LogP contribution is 2.26. The first kappa shape index (κ1) is 8.38. The second-order valence-electron chi connectivity index (χ2n) is 3.37. The molecule has 1 aromatic carbocycles. The topological polar surface area (TPSA) is 47.3 Å². The third-order valence-electron chi connectivity index (χ3n) is 2.40. The molecule has 0 aliphatic carbocycles. The molecule has 0 amide bonds. The lowest BCUT2D eigenvalue weighted by Crippen LogP contribution is -2.36. The van der Waals surface area contributed by atoms with E-state index in [1.54, 1.807) is 0 Å². The van der Waals surface area contributed by atoms with Crippen molar-refractivity contribution in [1.82, 2.24) is 5.32 Å². The molecular weight excluding hydrogens is 164 g/mol. The molecule has 0 saturated carbocycles. The van der Waals surface area contributed by atoms with Gasteiger partial charge >= 0.3 is 0 Å². The van der Waals surface area contributed by atoms with E-state index in [0.29, 0.717) is 6.04 Å². The largest absolute Gasteiger partial charge is 0.492 e. The van der Waals surface area contributed by atoms with Gasteiger partial charge in [-0.1, -0.05) is 0 Å². The molecule has 1 aliphatic heterocycles. The molecule has 0 aromatic heterocycles. The summed E-state index contributed by atoms with van der Waals surface area (Å²) in [6, 6.07) is 6.21. The standard InChI is InChI=1S/C10H14N2O/c1-12-9-5-7-4-8(11)2-3-10(7)13-6-9/h2-4,9,12H,5-6,11H2,1H3. The molecule has 3 heteroatoms. The molecule has 1 heterocycles. The zero-order chi connectivity index (χ0) is 9.26. The van der Waals surface area contributed by atoms with Crippen LogP contribution in [0.15, 0.2) is 18.2 Å². The van der Waals surface area contributed by atoms with Gasteiger partial charge in [0, 0.05) is 11.7 Å². The summed E-state index contributed by atoms with van der Waals surface area (Å²) in [6.07, 6.45) is 0.997. The van der Waals surface area contributed by atoms with Crippen LogP contribution in [0.1, 0.15) is 5.56 Å². The number of nitrogens with one attached hydrogen (secondary N) is 1. The highest BCUT2D eigenvalue weighted by atomic mass is 16.5. The first-order valence-electron chi connectivity index (χ1n) is 4.48. The van der Waals surface area contributed by atoms with E-state index in [9.17, 15) is 0 Å². The number of nitrogens with two attached hydrogens (primary N) is 1. The predicted molar refractivity (Wildman–Crippen MR) is 52.9 cm³/mol. The van der Waals surface area contributed by atoms with Gasteiger partial charge in [0.25, 0.3) is 0 Å². The summed E-state index contributed by atoms with van der Waals surface area (Å²) in [6.45, 7) is 0.743. The Bertz CT molecular complexity index is 312. The molecule has 0 radical (unpaired) electrons. The van der Waals surface area contributed by atoms with Gasteiger partial charge < -0.3 is 15.8 Å². The molecular formula is C10H14N2O. The van der Waals surface area contributed by atoms with E-state index in [1.807, 2.05) is 25.2 Å². The molecule has 13 heavy (non-hydrogen) atoms. The zero-order valence-corrected chi connectivity index (χ0v) is 7.71. The summed E-state index contributed by atoms with van der Waals surface area (Å²) >= 11 is 0. The van der Waals surface area contributed by atoms with Crippen LogP contribution in [0.5, 0.6) is 5.75 Å². The summed E-state index contributed by atoms with van der Waals surface area (Å²) in [5.41, 5.74) is 7.70. The van der Waals surface area contributed by atoms with Gasteiger partial charge in [0.15, 0.2) is 0 Å². The van der Waals surface area contributed by atoms with E-state index in [0.717, 1.165) is 24.5 Å². The van der Waals surface area contributed by atoms with E-state index in [1.165, 1.54) is 5.56 Å². The van der Waals surface area contributed by atoms with Gasteiger partial charge in [0.05, 0.1) is 0 Å². The minimum absolute atomic E-state index is 0.411. The fraction of sp³-hybridized carbons (Fsp3) is 0.400. The van der Waals surface area contributed by atoms with Crippen LogP contribution in [0.4, 0.5) is 5.69 Å². The number of likely N-dealkylation sites (N-methyl/N-ethyl adjacent to an activating group) is 1. The van der Waals surface area contributed by atoms with Gasteiger partial charge in [0.2, 0.25) is 0 Å². The maximum absolute atomic E-state index is 5.69. The number of hydrogen-bond donors (Lipinski definition) is 2. The molecule has 3 nitrogen and oxygen atoms in total. The number of benzene rings is 1. The van der Waals surface area contributed by atoms with Crippen molar-refractivity contribution >= 4 is 5.69 Å². The number of anilines is 1. The number of fused-ring (bicyclic) bond motifs is 1. The molecule has 1 unspecified atom stereocenters. The Labute approximate surface area is 77.9 Å². The first-order valence-corrected chi connectivity index (χ1v) is 4.48. The second-order valence-corrected chi connectivity index (χ2v) is 3.37. The van der Waals surface area contributed by atoms with E-state index in [-0.39, 0.29) is 0 Å². The average Bonchev–Trinajstić information content (AvgIpc) is 2.16. The van der Waals surface area contributed by atoms with Crippen LogP contribution in [0.3, 0.4) is 0 Å². The SMILES string of the molecule is CNC1COc2ccc(N)cc2C1. The van der Waals surface area contributed by atoms with Crippen molar-refractivity contribution in [2.75, 3.05) is 19.4 Å². The minimum Gasteiger partial charge on any atom is -0.492 e. The van der Waals surface area contributed by atoms with Crippen LogP contribution < -0.4 is 15.8 Å². The average molecular weight is 178 g/mol. The maximum atomic E-state index is 5.69. The van der Waals surface area contributed by atoms with Crippen molar-refractivity contribution < 1.29 is 4.74 Å². The molecule has 2 rings (SSSR count). The number of nitrogen functional groups attached to an aromatic ring is 1. The monoisotopic (exact) mass is 178 g/mol. The van der Waals surface area contributed by atoms with E-state index in [4.69, 9.17) is 10.5 Å². The Morgan fingerprint density at radius 1 is 1.54 bits per heavy atom. The van der Waals surface area contributed by atoms with Crippen LogP contribution >= 0.6 is 0 Å². The molecule has 3 N–H and O–H groups in total. The normalized spacial score (nSPS) is 20.5. The maximum Gasteiger partial charge on any atom is 0.122 e. The molecule has 1 aromatic rings. The Balaban J connectivity index is 2.27. The Hall–Kier alpha value is -1.22. The third-order valence-corrected chi connectivity index (χ3v) is 2.40. The van der Waals surface area contributed by atoms with Crippen LogP contribution in [0, 0.1) is 0 Å². The van der Waals surface area contributed by atoms with Crippen molar-refractivity contribution in [2.24, 2.45) is 0 Å². The summed E-state index contributed by atoms with van der Waals surface area (Å²) in [5, 5.41) is 3.20. The zero-order valence-electron chi connectivity index (χ0n) is 7.71. The van der Waals surface area contributed by atoms with Gasteiger partial charge in [-0.25, -0.2) is 0 Å². The summed E-state index contributed by atoms with van der Waals surface area (Å²) in [7, 11) is 1.95. The van der Waals surface area contributed by atoms with Crippen molar-refractivity contribution in [3.05, 3.63) is 23.8 Å². The highest BCUT2D eigenvalue weighted by molar-refractivity contribution is 5.48. The summed E-state index contributed by atoms with van der Waals surface area (Å²) < 4.78 is 5.56. The lowest BCUT2D eigenvalue weighted by atomic mass is 10.0. The van der Waals surface area contributed by atoms with Crippen molar-refractivity contribution in [3.8, 4) is 5.75 Å². The van der Waals surface area contributed by atoms with E-state index < -0.39 is 0 Å². The predicted octanol–water partition coefficient (Wildman–Crippen LogP) is 0.792. The molecule has 1 atom stereocenters. The summed E-state index contributed by atoms with van der Waals surface area (Å²) in [4.78, 5) is 0. The number of ether oxygens (including phenoxy) is 1. The quantitative estimate of drug-likeness (QED) is 0.625. The molecule has 70 valence electrons. The highest BCUT2D eigenvalue weighted by Gasteiger charge is 2.17. The number of rotatable bonds is 1. The number of hydrogen-bond acceptors (Lipinski definition) is 3. The molecule has 0 saturated heterocycles. The third kappa shape index (κ3) is 1.60. The summed E-state index contributed by atoms with van der Waals surface area (Å²) in [5.74, 6) is 0.973. The van der Waals surface area contributed by atoms with Crippen LogP contribution in [0.2, 0.25) is 0 Å². The first-order chi connectivity index (χ1) is 6.29. The molecule has 0 spiro atoms. The van der Waals surface area contributed by atoms with Crippen LogP contribution in [-0.2, 0) is 6.42 Å². The fourth-order valence-corrected chi connectivity index (χ4v) is 1.60. The van der Waals surface area contributed by atoms with Crippen LogP contribution in [0.25, 0.3) is 0 Å². The van der Waals surface area contributed by atoms with E-state index in [2.05, 4.69) is 5.32 Å². The molecule has 1 aliphatic rings. The lowest BCUT2D eigenvalue weighted by Gasteiger charge is -2.24. The van der Waals surface area contributed by atoms with E-state index >= 15 is 0 Å². The Kier molecular flexibility index (Phi) is 2.10. The van der Waals surface area contributed by atoms with Gasteiger partial charge in [-0.2, -0.15) is 0 Å². The van der Waals surface area contributed by atoms with Crippen molar-refractivity contribution in [3.63, 3.8) is 0 Å². The smallest absolute Gasteiger partial charge is 0.122 e. The lowest BCUT2D eigenvalue weighted by molar-refractivity contribution is 0.245. The Morgan fingerprint density at radius 3 is 3.15 bits per heavy atom. The fourth-order valence-electron chi connectivity index (χ4n) is 1.60. The van der Waals surface area contributed by atoms with Crippen molar-refractivity contribution in [1.29, 1.82) is 0 Å². The molecule has 0 bridgehead atoms. The molecule has 0 fully saturated rings.